The first-order valence-electron chi connectivity index (χ1n) is 9.38. The lowest BCUT2D eigenvalue weighted by Crippen LogP contribution is -2.32. The molecule has 0 spiro atoms. The van der Waals surface area contributed by atoms with Crippen molar-refractivity contribution in [2.24, 2.45) is 0 Å². The van der Waals surface area contributed by atoms with Crippen LogP contribution in [0.25, 0.3) is 0 Å². The van der Waals surface area contributed by atoms with E-state index in [2.05, 4.69) is 4.90 Å². The summed E-state index contributed by atoms with van der Waals surface area (Å²) >= 11 is 0. The average Bonchev–Trinajstić information content (AvgIpc) is 2.68. The minimum absolute atomic E-state index is 0.548. The van der Waals surface area contributed by atoms with Crippen LogP contribution in [0.15, 0.2) is 18.2 Å². The fourth-order valence-corrected chi connectivity index (χ4v) is 2.64. The highest BCUT2D eigenvalue weighted by molar-refractivity contribution is 5.64. The van der Waals surface area contributed by atoms with Crippen LogP contribution in [0.4, 0.5) is 11.4 Å². The topological polar surface area (TPSA) is 84.6 Å². The van der Waals surface area contributed by atoms with Crippen LogP contribution in [0.1, 0.15) is 0 Å². The zero-order valence-electron chi connectivity index (χ0n) is 16.2. The number of benzene rings is 1. The van der Waals surface area contributed by atoms with E-state index in [1.54, 1.807) is 7.11 Å². The van der Waals surface area contributed by atoms with E-state index in [0.29, 0.717) is 84.8 Å². The molecule has 1 aromatic rings. The van der Waals surface area contributed by atoms with E-state index in [-0.39, 0.29) is 0 Å². The van der Waals surface area contributed by atoms with Crippen molar-refractivity contribution in [3.05, 3.63) is 18.2 Å². The Hall–Kier alpha value is -1.58. The second-order valence-electron chi connectivity index (χ2n) is 5.98. The third-order valence-corrected chi connectivity index (χ3v) is 4.04. The number of hydrogen-bond donors (Lipinski definition) is 1. The molecule has 1 saturated heterocycles. The molecule has 8 nitrogen and oxygen atoms in total. The lowest BCUT2D eigenvalue weighted by Gasteiger charge is -2.26. The van der Waals surface area contributed by atoms with Gasteiger partial charge in [0.1, 0.15) is 5.75 Å². The predicted molar refractivity (Wildman–Crippen MR) is 104 cm³/mol. The maximum Gasteiger partial charge on any atom is 0.144 e. The average molecular weight is 384 g/mol. The van der Waals surface area contributed by atoms with E-state index in [4.69, 9.17) is 34.2 Å². The van der Waals surface area contributed by atoms with Gasteiger partial charge in [0.25, 0.3) is 0 Å². The lowest BCUT2D eigenvalue weighted by atomic mass is 10.2. The fourth-order valence-electron chi connectivity index (χ4n) is 2.64. The van der Waals surface area contributed by atoms with Gasteiger partial charge in [0.05, 0.1) is 78.9 Å². The van der Waals surface area contributed by atoms with E-state index in [9.17, 15) is 0 Å². The SMILES string of the molecule is COc1cc(N)ccc1N1CCOCCOCCOCCOCCOCC1. The van der Waals surface area contributed by atoms with Gasteiger partial charge < -0.3 is 39.1 Å². The molecule has 0 unspecified atom stereocenters. The summed E-state index contributed by atoms with van der Waals surface area (Å²) in [5.41, 5.74) is 7.51. The molecular weight excluding hydrogens is 352 g/mol. The largest absolute Gasteiger partial charge is 0.495 e. The predicted octanol–water partition coefficient (Wildman–Crippen LogP) is 1.18. The summed E-state index contributed by atoms with van der Waals surface area (Å²) < 4.78 is 33.3. The number of ether oxygens (including phenoxy) is 6. The molecule has 27 heavy (non-hydrogen) atoms. The number of rotatable bonds is 2. The third-order valence-electron chi connectivity index (χ3n) is 4.04. The molecule has 1 fully saturated rings. The maximum absolute atomic E-state index is 5.87. The summed E-state index contributed by atoms with van der Waals surface area (Å²) in [4.78, 5) is 2.18. The quantitative estimate of drug-likeness (QED) is 0.761. The molecule has 0 aromatic heterocycles. The van der Waals surface area contributed by atoms with Gasteiger partial charge >= 0.3 is 0 Å². The van der Waals surface area contributed by atoms with Gasteiger partial charge in [0.15, 0.2) is 0 Å². The Morgan fingerprint density at radius 3 is 1.63 bits per heavy atom. The smallest absolute Gasteiger partial charge is 0.144 e. The van der Waals surface area contributed by atoms with Crippen LogP contribution in [0.2, 0.25) is 0 Å². The van der Waals surface area contributed by atoms with Gasteiger partial charge in [-0.25, -0.2) is 0 Å². The second-order valence-corrected chi connectivity index (χ2v) is 5.98. The van der Waals surface area contributed by atoms with Crippen LogP contribution >= 0.6 is 0 Å². The first-order valence-corrected chi connectivity index (χ1v) is 9.38. The van der Waals surface area contributed by atoms with Crippen molar-refractivity contribution in [3.63, 3.8) is 0 Å². The highest BCUT2D eigenvalue weighted by Crippen LogP contribution is 2.30. The van der Waals surface area contributed by atoms with Gasteiger partial charge in [0.2, 0.25) is 0 Å². The number of nitrogens with two attached hydrogens (primary N) is 1. The molecule has 1 aromatic carbocycles. The Kier molecular flexibility index (Phi) is 10.9. The van der Waals surface area contributed by atoms with Gasteiger partial charge in [-0.05, 0) is 12.1 Å². The zero-order valence-corrected chi connectivity index (χ0v) is 16.2. The molecule has 0 atom stereocenters. The molecule has 154 valence electrons. The molecule has 1 heterocycles. The van der Waals surface area contributed by atoms with E-state index in [0.717, 1.165) is 11.4 Å². The molecule has 8 heteroatoms. The summed E-state index contributed by atoms with van der Waals surface area (Å²) in [6.45, 7) is 7.01. The Morgan fingerprint density at radius 1 is 0.741 bits per heavy atom. The zero-order chi connectivity index (χ0) is 19.2. The monoisotopic (exact) mass is 384 g/mol. The molecule has 1 aliphatic heterocycles. The van der Waals surface area contributed by atoms with Gasteiger partial charge in [-0.15, -0.1) is 0 Å². The van der Waals surface area contributed by atoms with Crippen LogP contribution in [0.5, 0.6) is 5.75 Å². The number of nitrogen functional groups attached to an aromatic ring is 1. The van der Waals surface area contributed by atoms with Crippen molar-refractivity contribution in [1.82, 2.24) is 0 Å². The van der Waals surface area contributed by atoms with E-state index in [1.807, 2.05) is 18.2 Å². The number of methoxy groups -OCH3 is 1. The van der Waals surface area contributed by atoms with Crippen molar-refractivity contribution >= 4 is 11.4 Å². The van der Waals surface area contributed by atoms with Crippen LogP contribution in [-0.4, -0.2) is 86.3 Å². The molecule has 0 radical (unpaired) electrons. The summed E-state index contributed by atoms with van der Waals surface area (Å²) in [5, 5.41) is 0. The van der Waals surface area contributed by atoms with Crippen molar-refractivity contribution in [3.8, 4) is 5.75 Å². The summed E-state index contributed by atoms with van der Waals surface area (Å²) in [6.07, 6.45) is 0. The maximum atomic E-state index is 5.87. The van der Waals surface area contributed by atoms with Crippen molar-refractivity contribution in [2.45, 2.75) is 0 Å². The summed E-state index contributed by atoms with van der Waals surface area (Å²) in [5.74, 6) is 0.740. The first-order chi connectivity index (χ1) is 13.3. The molecule has 1 aliphatic rings. The van der Waals surface area contributed by atoms with E-state index in [1.165, 1.54) is 0 Å². The Labute approximate surface area is 161 Å². The van der Waals surface area contributed by atoms with Crippen LogP contribution in [0, 0.1) is 0 Å². The van der Waals surface area contributed by atoms with Gasteiger partial charge in [-0.1, -0.05) is 0 Å². The fraction of sp³-hybridized carbons (Fsp3) is 0.684. The number of nitrogens with zero attached hydrogens (tertiary/aromatic N) is 1. The highest BCUT2D eigenvalue weighted by atomic mass is 16.6. The summed E-state index contributed by atoms with van der Waals surface area (Å²) in [6, 6.07) is 5.66. The van der Waals surface area contributed by atoms with Crippen molar-refractivity contribution < 1.29 is 28.4 Å². The van der Waals surface area contributed by atoms with Gasteiger partial charge in [0, 0.05) is 24.8 Å². The van der Waals surface area contributed by atoms with Gasteiger partial charge in [-0.2, -0.15) is 0 Å². The molecule has 0 aliphatic carbocycles. The number of hydrogen-bond acceptors (Lipinski definition) is 8. The molecular formula is C19H32N2O6. The highest BCUT2D eigenvalue weighted by Gasteiger charge is 2.12. The molecule has 0 saturated carbocycles. The molecule has 0 amide bonds. The van der Waals surface area contributed by atoms with Crippen LogP contribution in [0.3, 0.4) is 0 Å². The normalized spacial score (nSPS) is 19.8. The van der Waals surface area contributed by atoms with E-state index < -0.39 is 0 Å². The van der Waals surface area contributed by atoms with Crippen LogP contribution in [-0.2, 0) is 23.7 Å². The van der Waals surface area contributed by atoms with Crippen molar-refractivity contribution in [2.75, 3.05) is 96.9 Å². The summed E-state index contributed by atoms with van der Waals surface area (Å²) in [7, 11) is 1.64. The Bertz CT molecular complexity index is 499. The molecule has 0 bridgehead atoms. The standard InChI is InChI=1S/C19H32N2O6/c1-22-19-16-17(20)2-3-18(19)21-4-6-23-8-10-25-12-14-27-15-13-26-11-9-24-7-5-21/h2-3,16H,4-15,20H2,1H3. The first kappa shape index (κ1) is 21.7. The Balaban J connectivity index is 1.91. The minimum Gasteiger partial charge on any atom is -0.495 e. The molecule has 2 N–H and O–H groups in total. The minimum atomic E-state index is 0.548. The lowest BCUT2D eigenvalue weighted by molar-refractivity contribution is -0.0116. The molecule has 2 rings (SSSR count). The number of anilines is 2. The second kappa shape index (κ2) is 13.6. The van der Waals surface area contributed by atoms with Crippen LogP contribution < -0.4 is 15.4 Å². The van der Waals surface area contributed by atoms with Gasteiger partial charge in [-0.3, -0.25) is 0 Å². The third kappa shape index (κ3) is 8.77. The van der Waals surface area contributed by atoms with E-state index >= 15 is 0 Å². The van der Waals surface area contributed by atoms with Crippen molar-refractivity contribution in [1.29, 1.82) is 0 Å². The Morgan fingerprint density at radius 2 is 1.19 bits per heavy atom.